The van der Waals surface area contributed by atoms with Crippen molar-refractivity contribution in [2.75, 3.05) is 4.90 Å². The molecule has 0 saturated carbocycles. The molecule has 4 amide bonds. The Bertz CT molecular complexity index is 941. The van der Waals surface area contributed by atoms with E-state index in [4.69, 9.17) is 0 Å². The second-order valence-electron chi connectivity index (χ2n) is 5.94. The van der Waals surface area contributed by atoms with Crippen molar-refractivity contribution < 1.29 is 19.5 Å². The van der Waals surface area contributed by atoms with Crippen molar-refractivity contribution in [3.05, 3.63) is 63.1 Å². The van der Waals surface area contributed by atoms with Crippen LogP contribution in [0.2, 0.25) is 0 Å². The number of carbonyl (C=O) groups excluding carboxylic acids is 3. The Balaban J connectivity index is 2.04. The summed E-state index contributed by atoms with van der Waals surface area (Å²) in [5.41, 5.74) is 2.04. The van der Waals surface area contributed by atoms with Crippen LogP contribution in [0.3, 0.4) is 0 Å². The molecule has 0 bridgehead atoms. The first-order valence-corrected chi connectivity index (χ1v) is 8.54. The fourth-order valence-electron chi connectivity index (χ4n) is 2.72. The Labute approximate surface area is 158 Å². The van der Waals surface area contributed by atoms with E-state index in [-0.39, 0.29) is 11.3 Å². The van der Waals surface area contributed by atoms with Crippen LogP contribution >= 0.6 is 15.9 Å². The minimum Gasteiger partial charge on any atom is -0.507 e. The van der Waals surface area contributed by atoms with Gasteiger partial charge in [-0.05, 0) is 73.0 Å². The van der Waals surface area contributed by atoms with Gasteiger partial charge in [0, 0.05) is 4.47 Å². The standard InChI is InChI=1S/C19H15BrN2O4/c1-10-7-12(8-11(2)16(10)23)9-15-17(24)21-19(26)22(18(15)25)14-5-3-13(20)4-6-14/h3-9,23H,1-2H3,(H,21,24,26)/b15-9+. The van der Waals surface area contributed by atoms with Crippen LogP contribution in [-0.2, 0) is 9.59 Å². The van der Waals surface area contributed by atoms with Crippen molar-refractivity contribution in [1.29, 1.82) is 0 Å². The molecule has 1 aliphatic heterocycles. The van der Waals surface area contributed by atoms with Gasteiger partial charge in [0.1, 0.15) is 11.3 Å². The number of benzene rings is 2. The van der Waals surface area contributed by atoms with Gasteiger partial charge in [-0.25, -0.2) is 9.69 Å². The van der Waals surface area contributed by atoms with Crippen molar-refractivity contribution in [2.24, 2.45) is 0 Å². The topological polar surface area (TPSA) is 86.7 Å². The fraction of sp³-hybridized carbons (Fsp3) is 0.105. The summed E-state index contributed by atoms with van der Waals surface area (Å²) in [5, 5.41) is 12.0. The van der Waals surface area contributed by atoms with Crippen molar-refractivity contribution in [1.82, 2.24) is 5.32 Å². The van der Waals surface area contributed by atoms with Crippen LogP contribution in [0.15, 0.2) is 46.4 Å². The highest BCUT2D eigenvalue weighted by atomic mass is 79.9. The number of anilines is 1. The number of nitrogens with zero attached hydrogens (tertiary/aromatic N) is 1. The van der Waals surface area contributed by atoms with Gasteiger partial charge in [-0.2, -0.15) is 0 Å². The normalized spacial score (nSPS) is 16.2. The van der Waals surface area contributed by atoms with E-state index in [1.54, 1.807) is 50.2 Å². The molecule has 2 N–H and O–H groups in total. The van der Waals surface area contributed by atoms with E-state index in [0.717, 1.165) is 9.37 Å². The number of barbiturate groups is 1. The third-order valence-corrected chi connectivity index (χ3v) is 4.54. The van der Waals surface area contributed by atoms with Gasteiger partial charge in [-0.15, -0.1) is 0 Å². The Morgan fingerprint density at radius 3 is 2.19 bits per heavy atom. The number of imide groups is 2. The van der Waals surface area contributed by atoms with E-state index in [0.29, 0.717) is 22.4 Å². The molecule has 0 radical (unpaired) electrons. The quantitative estimate of drug-likeness (QED) is 0.581. The molecule has 3 rings (SSSR count). The zero-order valence-electron chi connectivity index (χ0n) is 14.0. The van der Waals surface area contributed by atoms with E-state index in [2.05, 4.69) is 21.2 Å². The van der Waals surface area contributed by atoms with Crippen LogP contribution in [0, 0.1) is 13.8 Å². The molecule has 26 heavy (non-hydrogen) atoms. The first-order chi connectivity index (χ1) is 12.3. The smallest absolute Gasteiger partial charge is 0.335 e. The second-order valence-corrected chi connectivity index (χ2v) is 6.85. The van der Waals surface area contributed by atoms with Crippen molar-refractivity contribution >= 4 is 45.5 Å². The van der Waals surface area contributed by atoms with Crippen LogP contribution in [0.5, 0.6) is 5.75 Å². The van der Waals surface area contributed by atoms with Gasteiger partial charge in [-0.1, -0.05) is 15.9 Å². The number of phenolic OH excluding ortho intramolecular Hbond substituents is 1. The number of hydrogen-bond acceptors (Lipinski definition) is 4. The molecule has 1 saturated heterocycles. The zero-order valence-corrected chi connectivity index (χ0v) is 15.6. The molecule has 1 fully saturated rings. The summed E-state index contributed by atoms with van der Waals surface area (Å²) in [5.74, 6) is -1.29. The molecule has 7 heteroatoms. The lowest BCUT2D eigenvalue weighted by molar-refractivity contribution is -0.122. The van der Waals surface area contributed by atoms with Crippen LogP contribution in [0.25, 0.3) is 6.08 Å². The lowest BCUT2D eigenvalue weighted by Crippen LogP contribution is -2.54. The zero-order chi connectivity index (χ0) is 19.0. The molecular formula is C19H15BrN2O4. The number of rotatable bonds is 2. The Morgan fingerprint density at radius 1 is 1.04 bits per heavy atom. The fourth-order valence-corrected chi connectivity index (χ4v) is 2.99. The molecule has 1 heterocycles. The first-order valence-electron chi connectivity index (χ1n) is 7.75. The minimum atomic E-state index is -0.794. The molecule has 2 aromatic carbocycles. The predicted octanol–water partition coefficient (Wildman–Crippen LogP) is 3.44. The number of hydrogen-bond donors (Lipinski definition) is 2. The third-order valence-electron chi connectivity index (χ3n) is 4.01. The monoisotopic (exact) mass is 414 g/mol. The molecule has 0 unspecified atom stereocenters. The lowest BCUT2D eigenvalue weighted by Gasteiger charge is -2.26. The van der Waals surface area contributed by atoms with Gasteiger partial charge in [-0.3, -0.25) is 14.9 Å². The van der Waals surface area contributed by atoms with Crippen LogP contribution < -0.4 is 10.2 Å². The maximum Gasteiger partial charge on any atom is 0.335 e. The van der Waals surface area contributed by atoms with Gasteiger partial charge < -0.3 is 5.11 Å². The molecule has 0 atom stereocenters. The molecular weight excluding hydrogens is 400 g/mol. The summed E-state index contributed by atoms with van der Waals surface area (Å²) in [7, 11) is 0. The van der Waals surface area contributed by atoms with Gasteiger partial charge in [0.15, 0.2) is 0 Å². The second kappa shape index (κ2) is 6.76. The number of halogens is 1. The van der Waals surface area contributed by atoms with Crippen molar-refractivity contribution in [2.45, 2.75) is 13.8 Å². The molecule has 0 spiro atoms. The number of phenols is 1. The third kappa shape index (κ3) is 3.25. The van der Waals surface area contributed by atoms with E-state index < -0.39 is 17.8 Å². The number of nitrogens with one attached hydrogen (secondary N) is 1. The number of amides is 4. The first kappa shape index (κ1) is 17.9. The maximum atomic E-state index is 12.8. The van der Waals surface area contributed by atoms with E-state index in [1.165, 1.54) is 6.08 Å². The van der Waals surface area contributed by atoms with E-state index in [1.807, 2.05) is 0 Å². The summed E-state index contributed by atoms with van der Waals surface area (Å²) in [6.07, 6.45) is 1.41. The molecule has 132 valence electrons. The molecule has 6 nitrogen and oxygen atoms in total. The summed E-state index contributed by atoms with van der Waals surface area (Å²) < 4.78 is 0.799. The maximum absolute atomic E-state index is 12.8. The summed E-state index contributed by atoms with van der Waals surface area (Å²) >= 11 is 3.29. The summed E-state index contributed by atoms with van der Waals surface area (Å²) in [6.45, 7) is 3.45. The highest BCUT2D eigenvalue weighted by Gasteiger charge is 2.36. The average molecular weight is 415 g/mol. The number of aromatic hydroxyl groups is 1. The lowest BCUT2D eigenvalue weighted by atomic mass is 10.0. The molecule has 1 aliphatic rings. The molecule has 0 aliphatic carbocycles. The Hall–Kier alpha value is -2.93. The number of aryl methyl sites for hydroxylation is 2. The van der Waals surface area contributed by atoms with Gasteiger partial charge in [0.25, 0.3) is 11.8 Å². The Morgan fingerprint density at radius 2 is 1.62 bits per heavy atom. The van der Waals surface area contributed by atoms with E-state index >= 15 is 0 Å². The van der Waals surface area contributed by atoms with Crippen LogP contribution in [-0.4, -0.2) is 23.0 Å². The highest BCUT2D eigenvalue weighted by Crippen LogP contribution is 2.26. The van der Waals surface area contributed by atoms with Gasteiger partial charge in [0.2, 0.25) is 0 Å². The SMILES string of the molecule is Cc1cc(/C=C2\C(=O)NC(=O)N(c3ccc(Br)cc3)C2=O)cc(C)c1O. The average Bonchev–Trinajstić information content (AvgIpc) is 2.58. The largest absolute Gasteiger partial charge is 0.507 e. The Kier molecular flexibility index (Phi) is 4.65. The summed E-state index contributed by atoms with van der Waals surface area (Å²) in [4.78, 5) is 38.0. The molecule has 0 aromatic heterocycles. The number of urea groups is 1. The minimum absolute atomic E-state index is 0.156. The summed E-state index contributed by atoms with van der Waals surface area (Å²) in [6, 6.07) is 9.13. The van der Waals surface area contributed by atoms with Gasteiger partial charge >= 0.3 is 6.03 Å². The van der Waals surface area contributed by atoms with Crippen molar-refractivity contribution in [3.63, 3.8) is 0 Å². The van der Waals surface area contributed by atoms with Crippen LogP contribution in [0.1, 0.15) is 16.7 Å². The predicted molar refractivity (Wildman–Crippen MR) is 101 cm³/mol. The van der Waals surface area contributed by atoms with E-state index in [9.17, 15) is 19.5 Å². The van der Waals surface area contributed by atoms with Crippen LogP contribution in [0.4, 0.5) is 10.5 Å². The highest BCUT2D eigenvalue weighted by molar-refractivity contribution is 9.10. The molecule has 2 aromatic rings. The van der Waals surface area contributed by atoms with Gasteiger partial charge in [0.05, 0.1) is 5.69 Å². The number of carbonyl (C=O) groups is 3. The van der Waals surface area contributed by atoms with Crippen molar-refractivity contribution in [3.8, 4) is 5.75 Å².